The highest BCUT2D eigenvalue weighted by Crippen LogP contribution is 2.18. The van der Waals surface area contributed by atoms with Crippen molar-refractivity contribution in [3.8, 4) is 0 Å². The van der Waals surface area contributed by atoms with Gasteiger partial charge in [-0.3, -0.25) is 0 Å². The normalized spacial score (nSPS) is 12.4. The van der Waals surface area contributed by atoms with Crippen LogP contribution in [-0.4, -0.2) is 11.7 Å². The van der Waals surface area contributed by atoms with Crippen LogP contribution in [0.2, 0.25) is 0 Å². The lowest BCUT2D eigenvalue weighted by Gasteiger charge is -2.09. The van der Waals surface area contributed by atoms with Crippen molar-refractivity contribution in [2.24, 2.45) is 5.73 Å². The number of hydrogen-bond donors (Lipinski definition) is 2. The zero-order valence-electron chi connectivity index (χ0n) is 11.0. The van der Waals surface area contributed by atoms with Crippen molar-refractivity contribution < 1.29 is 5.11 Å². The van der Waals surface area contributed by atoms with Crippen LogP contribution >= 0.6 is 0 Å². The molecular weight excluding hydrogens is 210 g/mol. The van der Waals surface area contributed by atoms with E-state index in [4.69, 9.17) is 5.73 Å². The molecular formula is C15H23NO. The van der Waals surface area contributed by atoms with Crippen molar-refractivity contribution in [1.29, 1.82) is 0 Å². The van der Waals surface area contributed by atoms with Gasteiger partial charge < -0.3 is 10.8 Å². The molecule has 0 spiro atoms. The summed E-state index contributed by atoms with van der Waals surface area (Å²) in [4.78, 5) is 0. The molecule has 0 radical (unpaired) electrons. The van der Waals surface area contributed by atoms with Crippen LogP contribution in [0.3, 0.4) is 0 Å². The van der Waals surface area contributed by atoms with Crippen LogP contribution in [-0.2, 0) is 0 Å². The van der Waals surface area contributed by atoms with E-state index >= 15 is 0 Å². The number of allylic oxidation sites excluding steroid dienone is 3. The second-order valence-corrected chi connectivity index (χ2v) is 3.32. The Hall–Kier alpha value is -1.38. The molecule has 17 heavy (non-hydrogen) atoms. The summed E-state index contributed by atoms with van der Waals surface area (Å²) in [5, 5.41) is 9.51. The first-order valence-electron chi connectivity index (χ1n) is 6.00. The molecule has 1 aromatic carbocycles. The summed E-state index contributed by atoms with van der Waals surface area (Å²) in [6.07, 6.45) is 3.24. The molecule has 1 unspecified atom stereocenters. The highest BCUT2D eigenvalue weighted by molar-refractivity contribution is 5.73. The molecule has 0 bridgehead atoms. The van der Waals surface area contributed by atoms with Gasteiger partial charge >= 0.3 is 0 Å². The zero-order chi connectivity index (χ0) is 13.3. The van der Waals surface area contributed by atoms with Gasteiger partial charge in [0.05, 0.1) is 6.10 Å². The second-order valence-electron chi connectivity index (χ2n) is 3.32. The molecule has 0 aliphatic rings. The lowest BCUT2D eigenvalue weighted by molar-refractivity contribution is 0.187. The van der Waals surface area contributed by atoms with Crippen LogP contribution in [0.25, 0.3) is 5.57 Å². The summed E-state index contributed by atoms with van der Waals surface area (Å²) < 4.78 is 0. The molecule has 0 aliphatic carbocycles. The third-order valence-corrected chi connectivity index (χ3v) is 2.38. The molecule has 1 rings (SSSR count). The lowest BCUT2D eigenvalue weighted by Crippen LogP contribution is -2.11. The average molecular weight is 233 g/mol. The summed E-state index contributed by atoms with van der Waals surface area (Å²) in [6, 6.07) is 7.70. The zero-order valence-corrected chi connectivity index (χ0v) is 11.0. The fourth-order valence-corrected chi connectivity index (χ4v) is 1.44. The largest absolute Gasteiger partial charge is 0.387 e. The van der Waals surface area contributed by atoms with Crippen LogP contribution in [0, 0.1) is 0 Å². The van der Waals surface area contributed by atoms with Gasteiger partial charge in [0.25, 0.3) is 0 Å². The van der Waals surface area contributed by atoms with Crippen LogP contribution in [0.4, 0.5) is 0 Å². The predicted molar refractivity (Wildman–Crippen MR) is 75.7 cm³/mol. The van der Waals surface area contributed by atoms with Gasteiger partial charge in [0, 0.05) is 6.54 Å². The van der Waals surface area contributed by atoms with Crippen molar-refractivity contribution in [2.45, 2.75) is 26.9 Å². The first kappa shape index (κ1) is 15.6. The number of benzene rings is 1. The minimum absolute atomic E-state index is 0.247. The number of aliphatic hydroxyl groups is 1. The molecule has 0 fully saturated rings. The Labute approximate surface area is 104 Å². The van der Waals surface area contributed by atoms with Gasteiger partial charge in [-0.1, -0.05) is 56.8 Å². The molecule has 0 aromatic heterocycles. The van der Waals surface area contributed by atoms with Crippen LogP contribution in [0.1, 0.15) is 38.0 Å². The lowest BCUT2D eigenvalue weighted by atomic mass is 10.0. The Morgan fingerprint density at radius 1 is 1.35 bits per heavy atom. The second kappa shape index (κ2) is 8.74. The van der Waals surface area contributed by atoms with E-state index in [0.717, 1.165) is 16.7 Å². The molecule has 2 heteroatoms. The van der Waals surface area contributed by atoms with E-state index in [0.29, 0.717) is 0 Å². The summed E-state index contributed by atoms with van der Waals surface area (Å²) in [5.41, 5.74) is 8.41. The maximum atomic E-state index is 9.51. The van der Waals surface area contributed by atoms with E-state index in [1.165, 1.54) is 0 Å². The van der Waals surface area contributed by atoms with E-state index in [1.54, 1.807) is 0 Å². The van der Waals surface area contributed by atoms with Gasteiger partial charge in [0.1, 0.15) is 0 Å². The summed E-state index contributed by atoms with van der Waals surface area (Å²) in [7, 11) is 0. The SMILES string of the molecule is C=C/C(=C\C)c1ccc(C(O)CN)cc1.CC. The third-order valence-electron chi connectivity index (χ3n) is 2.38. The third kappa shape index (κ3) is 4.55. The van der Waals surface area contributed by atoms with E-state index in [9.17, 15) is 5.11 Å². The fourth-order valence-electron chi connectivity index (χ4n) is 1.44. The van der Waals surface area contributed by atoms with Crippen molar-refractivity contribution in [3.63, 3.8) is 0 Å². The first-order chi connectivity index (χ1) is 8.22. The van der Waals surface area contributed by atoms with Crippen molar-refractivity contribution in [1.82, 2.24) is 0 Å². The summed E-state index contributed by atoms with van der Waals surface area (Å²) >= 11 is 0. The monoisotopic (exact) mass is 233 g/mol. The fraction of sp³-hybridized carbons (Fsp3) is 0.333. The Bertz CT molecular complexity index is 352. The maximum absolute atomic E-state index is 9.51. The average Bonchev–Trinajstić information content (AvgIpc) is 2.42. The van der Waals surface area contributed by atoms with Crippen molar-refractivity contribution in [2.75, 3.05) is 6.54 Å². The smallest absolute Gasteiger partial charge is 0.0912 e. The highest BCUT2D eigenvalue weighted by atomic mass is 16.3. The summed E-state index contributed by atoms with van der Waals surface area (Å²) in [5.74, 6) is 0. The Morgan fingerprint density at radius 2 is 1.88 bits per heavy atom. The number of rotatable bonds is 4. The molecule has 0 heterocycles. The topological polar surface area (TPSA) is 46.2 Å². The Balaban J connectivity index is 0.00000121. The molecule has 94 valence electrons. The highest BCUT2D eigenvalue weighted by Gasteiger charge is 2.04. The minimum Gasteiger partial charge on any atom is -0.387 e. The molecule has 1 aromatic rings. The van der Waals surface area contributed by atoms with Gasteiger partial charge in [-0.2, -0.15) is 0 Å². The Kier molecular flexibility index (Phi) is 8.03. The number of aliphatic hydroxyl groups excluding tert-OH is 1. The number of nitrogens with two attached hydrogens (primary N) is 1. The maximum Gasteiger partial charge on any atom is 0.0912 e. The van der Waals surface area contributed by atoms with E-state index < -0.39 is 6.10 Å². The first-order valence-corrected chi connectivity index (χ1v) is 6.00. The van der Waals surface area contributed by atoms with Gasteiger partial charge in [-0.05, 0) is 23.6 Å². The van der Waals surface area contributed by atoms with Gasteiger partial charge in [-0.25, -0.2) is 0 Å². The molecule has 0 amide bonds. The van der Waals surface area contributed by atoms with Crippen molar-refractivity contribution in [3.05, 3.63) is 54.1 Å². The quantitative estimate of drug-likeness (QED) is 0.784. The summed E-state index contributed by atoms with van der Waals surface area (Å²) in [6.45, 7) is 9.96. The molecule has 1 atom stereocenters. The van der Waals surface area contributed by atoms with Gasteiger partial charge in [0.15, 0.2) is 0 Å². The van der Waals surface area contributed by atoms with Crippen LogP contribution in [0.15, 0.2) is 43.0 Å². The molecule has 3 N–H and O–H groups in total. The molecule has 0 saturated carbocycles. The van der Waals surface area contributed by atoms with E-state index in [-0.39, 0.29) is 6.54 Å². The van der Waals surface area contributed by atoms with Crippen LogP contribution in [0.5, 0.6) is 0 Å². The molecule has 2 nitrogen and oxygen atoms in total. The molecule has 0 aliphatic heterocycles. The predicted octanol–water partition coefficient (Wildman–Crippen LogP) is 3.29. The molecule has 0 saturated heterocycles. The Morgan fingerprint density at radius 3 is 2.24 bits per heavy atom. The minimum atomic E-state index is -0.572. The van der Waals surface area contributed by atoms with E-state index in [1.807, 2.05) is 57.2 Å². The van der Waals surface area contributed by atoms with Crippen molar-refractivity contribution >= 4 is 5.57 Å². The van der Waals surface area contributed by atoms with E-state index in [2.05, 4.69) is 6.58 Å². The van der Waals surface area contributed by atoms with Gasteiger partial charge in [0.2, 0.25) is 0 Å². The van der Waals surface area contributed by atoms with Crippen LogP contribution < -0.4 is 5.73 Å². The number of hydrogen-bond acceptors (Lipinski definition) is 2. The van der Waals surface area contributed by atoms with Gasteiger partial charge in [-0.15, -0.1) is 0 Å². The standard InChI is InChI=1S/C13H17NO.C2H6/c1-3-10(4-2)11-5-7-12(8-6-11)13(15)9-14;1-2/h3-8,13,15H,1,9,14H2,2H3;1-2H3/b10-4+;.